The van der Waals surface area contributed by atoms with Gasteiger partial charge in [0, 0.05) is 0 Å². The van der Waals surface area contributed by atoms with Crippen molar-refractivity contribution < 1.29 is 19.2 Å². The summed E-state index contributed by atoms with van der Waals surface area (Å²) >= 11 is 0. The van der Waals surface area contributed by atoms with Crippen molar-refractivity contribution in [2.75, 3.05) is 14.2 Å². The summed E-state index contributed by atoms with van der Waals surface area (Å²) in [7, 11) is 5.43. The Labute approximate surface area is 124 Å². The molecule has 1 radical (unpaired) electrons. The van der Waals surface area contributed by atoms with Gasteiger partial charge in [0.1, 0.15) is 24.7 Å². The highest BCUT2D eigenvalue weighted by atomic mass is 17.2. The molecular weight excluding hydrogens is 267 g/mol. The predicted molar refractivity (Wildman–Crippen MR) is 80.6 cm³/mol. The van der Waals surface area contributed by atoms with Crippen LogP contribution >= 0.6 is 0 Å². The summed E-state index contributed by atoms with van der Waals surface area (Å²) in [5.74, 6) is 1.61. The zero-order valence-electron chi connectivity index (χ0n) is 12.1. The highest BCUT2D eigenvalue weighted by Gasteiger charge is 2.14. The van der Waals surface area contributed by atoms with Gasteiger partial charge in [0.05, 0.1) is 14.2 Å². The number of fused-ring (bicyclic) bond motifs is 2. The summed E-state index contributed by atoms with van der Waals surface area (Å²) in [4.78, 5) is 10.6. The van der Waals surface area contributed by atoms with E-state index in [4.69, 9.17) is 19.2 Å². The lowest BCUT2D eigenvalue weighted by Crippen LogP contribution is -2.31. The summed E-state index contributed by atoms with van der Waals surface area (Å²) < 4.78 is 10.5. The van der Waals surface area contributed by atoms with Gasteiger partial charge >= 0.3 is 0 Å². The second-order valence-electron chi connectivity index (χ2n) is 4.80. The van der Waals surface area contributed by atoms with E-state index in [-0.39, 0.29) is 0 Å². The Balaban J connectivity index is 1.99. The Bertz CT molecular complexity index is 587. The average molecular weight is 283 g/mol. The van der Waals surface area contributed by atoms with E-state index in [0.29, 0.717) is 13.2 Å². The molecule has 0 saturated heterocycles. The smallest absolute Gasteiger partial charge is 0.192 e. The van der Waals surface area contributed by atoms with E-state index >= 15 is 0 Å². The fourth-order valence-electron chi connectivity index (χ4n) is 2.33. The maximum atomic E-state index is 5.29. The molecule has 3 rings (SSSR count). The molecule has 0 fully saturated rings. The molecule has 2 aromatic rings. The quantitative estimate of drug-likeness (QED) is 0.615. The van der Waals surface area contributed by atoms with Crippen molar-refractivity contribution in [1.82, 2.24) is 0 Å². The van der Waals surface area contributed by atoms with Crippen LogP contribution in [0.5, 0.6) is 11.5 Å². The molecule has 0 saturated carbocycles. The highest BCUT2D eigenvalue weighted by Crippen LogP contribution is 2.16. The van der Waals surface area contributed by atoms with E-state index in [2.05, 4.69) is 7.28 Å². The predicted octanol–water partition coefficient (Wildman–Crippen LogP) is 1.32. The third-order valence-electron chi connectivity index (χ3n) is 3.52. The van der Waals surface area contributed by atoms with E-state index in [1.54, 1.807) is 14.2 Å². The van der Waals surface area contributed by atoms with Crippen molar-refractivity contribution in [2.45, 2.75) is 13.2 Å². The van der Waals surface area contributed by atoms with Crippen LogP contribution in [0.15, 0.2) is 36.4 Å². The molecule has 0 aromatic heterocycles. The molecule has 5 heteroatoms. The molecule has 1 heterocycles. The van der Waals surface area contributed by atoms with Crippen LogP contribution in [0.1, 0.15) is 11.1 Å². The monoisotopic (exact) mass is 283 g/mol. The molecule has 1 aliphatic heterocycles. The molecule has 0 atom stereocenters. The number of rotatable bonds is 2. The standard InChI is InChI=1S/C16H16BO4/c1-18-13-3-5-15-11(7-13)9-20-21-10-12-8-14(19-2)4-6-16(12)17-15/h3-8H,9-10H2,1-2H3. The summed E-state index contributed by atoms with van der Waals surface area (Å²) in [6.07, 6.45) is 0. The van der Waals surface area contributed by atoms with Gasteiger partial charge in [-0.15, -0.1) is 0 Å². The van der Waals surface area contributed by atoms with Gasteiger partial charge in [-0.2, -0.15) is 0 Å². The van der Waals surface area contributed by atoms with Crippen LogP contribution in [0.3, 0.4) is 0 Å². The summed E-state index contributed by atoms with van der Waals surface area (Å²) in [5, 5.41) is 0. The first-order valence-corrected chi connectivity index (χ1v) is 6.73. The minimum atomic E-state index is 0.383. The van der Waals surface area contributed by atoms with Gasteiger partial charge in [0.2, 0.25) is 0 Å². The SMILES string of the molecule is COc1ccc2c(c1)COOCc1cc(OC)ccc1[B]2. The van der Waals surface area contributed by atoms with Crippen LogP contribution < -0.4 is 20.4 Å². The van der Waals surface area contributed by atoms with Crippen molar-refractivity contribution in [3.05, 3.63) is 47.5 Å². The zero-order valence-corrected chi connectivity index (χ0v) is 12.1. The first-order valence-electron chi connectivity index (χ1n) is 6.73. The average Bonchev–Trinajstić information content (AvgIpc) is 2.61. The summed E-state index contributed by atoms with van der Waals surface area (Å²) in [6.45, 7) is 0.766. The third-order valence-corrected chi connectivity index (χ3v) is 3.52. The van der Waals surface area contributed by atoms with Crippen LogP contribution in [-0.4, -0.2) is 21.5 Å². The van der Waals surface area contributed by atoms with E-state index in [9.17, 15) is 0 Å². The molecule has 0 unspecified atom stereocenters. The van der Waals surface area contributed by atoms with Crippen molar-refractivity contribution in [1.29, 1.82) is 0 Å². The summed E-state index contributed by atoms with van der Waals surface area (Å²) in [5.41, 5.74) is 4.23. The van der Waals surface area contributed by atoms with Crippen LogP contribution in [0.2, 0.25) is 0 Å². The minimum Gasteiger partial charge on any atom is -0.497 e. The van der Waals surface area contributed by atoms with Gasteiger partial charge in [0.25, 0.3) is 0 Å². The highest BCUT2D eigenvalue weighted by molar-refractivity contribution is 6.68. The number of benzene rings is 2. The van der Waals surface area contributed by atoms with Gasteiger partial charge < -0.3 is 9.47 Å². The fraction of sp³-hybridized carbons (Fsp3) is 0.250. The number of hydrogen-bond acceptors (Lipinski definition) is 4. The molecule has 4 nitrogen and oxygen atoms in total. The maximum Gasteiger partial charge on any atom is 0.192 e. The molecule has 0 amide bonds. The van der Waals surface area contributed by atoms with Gasteiger partial charge in [-0.1, -0.05) is 23.1 Å². The van der Waals surface area contributed by atoms with Gasteiger partial charge in [0.15, 0.2) is 7.28 Å². The number of methoxy groups -OCH3 is 2. The molecular formula is C16H16BO4. The van der Waals surface area contributed by atoms with Crippen LogP contribution in [0, 0.1) is 0 Å². The van der Waals surface area contributed by atoms with Crippen molar-refractivity contribution in [3.8, 4) is 11.5 Å². The Morgan fingerprint density at radius 2 is 1.29 bits per heavy atom. The lowest BCUT2D eigenvalue weighted by Gasteiger charge is -2.10. The Hall–Kier alpha value is -1.98. The van der Waals surface area contributed by atoms with Crippen molar-refractivity contribution in [3.63, 3.8) is 0 Å². The maximum absolute atomic E-state index is 5.29. The number of ether oxygens (including phenoxy) is 2. The Kier molecular flexibility index (Phi) is 4.13. The van der Waals surface area contributed by atoms with Crippen LogP contribution in [0.4, 0.5) is 0 Å². The second kappa shape index (κ2) is 6.20. The van der Waals surface area contributed by atoms with Crippen molar-refractivity contribution in [2.24, 2.45) is 0 Å². The van der Waals surface area contributed by atoms with Crippen LogP contribution in [-0.2, 0) is 23.0 Å². The molecule has 21 heavy (non-hydrogen) atoms. The minimum absolute atomic E-state index is 0.383. The van der Waals surface area contributed by atoms with Gasteiger partial charge in [-0.3, -0.25) is 0 Å². The van der Waals surface area contributed by atoms with E-state index in [0.717, 1.165) is 33.6 Å². The molecule has 107 valence electrons. The first-order chi connectivity index (χ1) is 10.3. The largest absolute Gasteiger partial charge is 0.497 e. The fourth-order valence-corrected chi connectivity index (χ4v) is 2.33. The molecule has 0 bridgehead atoms. The normalized spacial score (nSPS) is 13.8. The molecule has 2 aromatic carbocycles. The van der Waals surface area contributed by atoms with E-state index < -0.39 is 0 Å². The van der Waals surface area contributed by atoms with Crippen LogP contribution in [0.25, 0.3) is 0 Å². The molecule has 0 aliphatic carbocycles. The Morgan fingerprint density at radius 3 is 1.71 bits per heavy atom. The first kappa shape index (κ1) is 14.0. The number of hydrogen-bond donors (Lipinski definition) is 0. The topological polar surface area (TPSA) is 36.9 Å². The van der Waals surface area contributed by atoms with E-state index in [1.807, 2.05) is 36.4 Å². The van der Waals surface area contributed by atoms with Gasteiger partial charge in [-0.25, -0.2) is 9.78 Å². The lowest BCUT2D eigenvalue weighted by atomic mass is 9.61. The Morgan fingerprint density at radius 1 is 0.810 bits per heavy atom. The molecule has 1 aliphatic rings. The van der Waals surface area contributed by atoms with Gasteiger partial charge in [-0.05, 0) is 35.4 Å². The third kappa shape index (κ3) is 3.04. The molecule has 0 N–H and O–H groups in total. The second-order valence-corrected chi connectivity index (χ2v) is 4.80. The van der Waals surface area contributed by atoms with E-state index in [1.165, 1.54) is 0 Å². The molecule has 0 spiro atoms. The van der Waals surface area contributed by atoms with Crippen molar-refractivity contribution >= 4 is 18.2 Å². The lowest BCUT2D eigenvalue weighted by molar-refractivity contribution is -0.312. The zero-order chi connectivity index (χ0) is 14.7. The summed E-state index contributed by atoms with van der Waals surface area (Å²) in [6, 6.07) is 11.9.